The summed E-state index contributed by atoms with van der Waals surface area (Å²) in [7, 11) is 0. The highest BCUT2D eigenvalue weighted by Crippen LogP contribution is 2.32. The van der Waals surface area contributed by atoms with E-state index in [1.165, 1.54) is 12.0 Å². The van der Waals surface area contributed by atoms with Gasteiger partial charge in [0.1, 0.15) is 0 Å². The van der Waals surface area contributed by atoms with Crippen molar-refractivity contribution < 1.29 is 4.42 Å². The third-order valence-electron chi connectivity index (χ3n) is 2.95. The maximum atomic E-state index is 5.22. The topological polar surface area (TPSA) is 25.2 Å². The molecule has 1 saturated heterocycles. The Morgan fingerprint density at radius 3 is 2.77 bits per heavy atom. The van der Waals surface area contributed by atoms with Gasteiger partial charge in [0.25, 0.3) is 0 Å². The Morgan fingerprint density at radius 1 is 1.62 bits per heavy atom. The molecule has 1 aromatic rings. The summed E-state index contributed by atoms with van der Waals surface area (Å²) in [6, 6.07) is 2.07. The molecule has 0 aromatic carbocycles. The Bertz CT molecular complexity index is 285. The lowest BCUT2D eigenvalue weighted by Gasteiger charge is -2.42. The third-order valence-corrected chi connectivity index (χ3v) is 3.37. The number of hydrogen-bond acceptors (Lipinski definition) is 2. The minimum absolute atomic E-state index is 0.489. The number of furan rings is 1. The van der Waals surface area contributed by atoms with Crippen LogP contribution >= 0.6 is 15.9 Å². The Labute approximate surface area is 86.8 Å². The quantitative estimate of drug-likeness (QED) is 0.884. The molecule has 1 fully saturated rings. The first kappa shape index (κ1) is 9.28. The molecule has 1 N–H and O–H groups in total. The molecular weight excluding hydrogens is 230 g/mol. The van der Waals surface area contributed by atoms with Crippen LogP contribution in [0.25, 0.3) is 0 Å². The monoisotopic (exact) mass is 243 g/mol. The maximum absolute atomic E-state index is 5.22. The second kappa shape index (κ2) is 3.46. The van der Waals surface area contributed by atoms with Gasteiger partial charge in [-0.15, -0.1) is 0 Å². The molecule has 0 amide bonds. The molecule has 0 atom stereocenters. The molecule has 2 rings (SSSR count). The van der Waals surface area contributed by atoms with Crippen molar-refractivity contribution in [2.75, 3.05) is 13.1 Å². The summed E-state index contributed by atoms with van der Waals surface area (Å²) >= 11 is 3.32. The van der Waals surface area contributed by atoms with Crippen molar-refractivity contribution in [1.82, 2.24) is 5.32 Å². The minimum atomic E-state index is 0.489. The van der Waals surface area contributed by atoms with Crippen molar-refractivity contribution in [3.05, 3.63) is 22.6 Å². The molecule has 1 aliphatic heterocycles. The van der Waals surface area contributed by atoms with Gasteiger partial charge in [0.15, 0.2) is 4.67 Å². The molecule has 2 nitrogen and oxygen atoms in total. The van der Waals surface area contributed by atoms with Crippen molar-refractivity contribution >= 4 is 15.9 Å². The molecule has 0 spiro atoms. The second-order valence-corrected chi connectivity index (χ2v) is 4.67. The van der Waals surface area contributed by atoms with E-state index in [0.717, 1.165) is 24.2 Å². The van der Waals surface area contributed by atoms with Crippen LogP contribution in [0.3, 0.4) is 0 Å². The van der Waals surface area contributed by atoms with Gasteiger partial charge in [0, 0.05) is 13.1 Å². The summed E-state index contributed by atoms with van der Waals surface area (Å²) in [5.41, 5.74) is 1.79. The Kier molecular flexibility index (Phi) is 2.47. The smallest absolute Gasteiger partial charge is 0.169 e. The lowest BCUT2D eigenvalue weighted by Crippen LogP contribution is -2.54. The van der Waals surface area contributed by atoms with Crippen LogP contribution < -0.4 is 5.32 Å². The first-order chi connectivity index (χ1) is 6.24. The van der Waals surface area contributed by atoms with Gasteiger partial charge in [-0.2, -0.15) is 0 Å². The number of nitrogens with one attached hydrogen (secondary N) is 1. The lowest BCUT2D eigenvalue weighted by atomic mass is 9.75. The van der Waals surface area contributed by atoms with E-state index in [-0.39, 0.29) is 0 Å². The van der Waals surface area contributed by atoms with Crippen molar-refractivity contribution in [2.45, 2.75) is 19.8 Å². The zero-order valence-corrected chi connectivity index (χ0v) is 9.36. The van der Waals surface area contributed by atoms with Crippen molar-refractivity contribution in [2.24, 2.45) is 5.41 Å². The van der Waals surface area contributed by atoms with Gasteiger partial charge >= 0.3 is 0 Å². The van der Waals surface area contributed by atoms with Crippen LogP contribution in [0.4, 0.5) is 0 Å². The molecular formula is C10H14BrNO. The lowest BCUT2D eigenvalue weighted by molar-refractivity contribution is 0.160. The van der Waals surface area contributed by atoms with Crippen molar-refractivity contribution in [3.8, 4) is 0 Å². The van der Waals surface area contributed by atoms with Gasteiger partial charge in [-0.05, 0) is 45.8 Å². The average molecular weight is 244 g/mol. The van der Waals surface area contributed by atoms with Gasteiger partial charge in [0.2, 0.25) is 0 Å². The standard InChI is InChI=1S/C10H14BrNO/c1-2-10(6-12-7-10)4-8-3-9(11)13-5-8/h3,5,12H,2,4,6-7H2,1H3. The molecule has 1 aliphatic rings. The third kappa shape index (κ3) is 1.81. The number of rotatable bonds is 3. The van der Waals surface area contributed by atoms with Crippen LogP contribution in [0.15, 0.2) is 21.4 Å². The summed E-state index contributed by atoms with van der Waals surface area (Å²) < 4.78 is 6.05. The second-order valence-electron chi connectivity index (χ2n) is 3.89. The molecule has 0 aliphatic carbocycles. The molecule has 1 aromatic heterocycles. The molecule has 72 valence electrons. The summed E-state index contributed by atoms with van der Waals surface area (Å²) in [6.45, 7) is 4.55. The van der Waals surface area contributed by atoms with Crippen LogP contribution in [-0.4, -0.2) is 13.1 Å². The molecule has 13 heavy (non-hydrogen) atoms. The Balaban J connectivity index is 2.04. The Hall–Kier alpha value is -0.280. The highest BCUT2D eigenvalue weighted by atomic mass is 79.9. The predicted molar refractivity (Wildman–Crippen MR) is 55.7 cm³/mol. The number of hydrogen-bond donors (Lipinski definition) is 1. The summed E-state index contributed by atoms with van der Waals surface area (Å²) in [5.74, 6) is 0. The fourth-order valence-electron chi connectivity index (χ4n) is 1.85. The summed E-state index contributed by atoms with van der Waals surface area (Å²) in [5, 5.41) is 3.34. The van der Waals surface area contributed by atoms with Crippen molar-refractivity contribution in [1.29, 1.82) is 0 Å². The van der Waals surface area contributed by atoms with Gasteiger partial charge in [0.05, 0.1) is 6.26 Å². The molecule has 2 heterocycles. The van der Waals surface area contributed by atoms with Crippen LogP contribution in [-0.2, 0) is 6.42 Å². The summed E-state index contributed by atoms with van der Waals surface area (Å²) in [4.78, 5) is 0. The van der Waals surface area contributed by atoms with Crippen LogP contribution in [0.2, 0.25) is 0 Å². The largest absolute Gasteiger partial charge is 0.457 e. The predicted octanol–water partition coefficient (Wildman–Crippen LogP) is 2.58. The average Bonchev–Trinajstić information content (AvgIpc) is 2.44. The van der Waals surface area contributed by atoms with Gasteiger partial charge in [-0.1, -0.05) is 6.92 Å². The van der Waals surface area contributed by atoms with E-state index in [0.29, 0.717) is 5.41 Å². The van der Waals surface area contributed by atoms with Gasteiger partial charge in [-0.25, -0.2) is 0 Å². The van der Waals surface area contributed by atoms with Gasteiger partial charge < -0.3 is 9.73 Å². The Morgan fingerprint density at radius 2 is 2.38 bits per heavy atom. The van der Waals surface area contributed by atoms with E-state index in [1.807, 2.05) is 6.26 Å². The zero-order chi connectivity index (χ0) is 9.31. The molecule has 0 saturated carbocycles. The fraction of sp³-hybridized carbons (Fsp3) is 0.600. The SMILES string of the molecule is CCC1(Cc2coc(Br)c2)CNC1. The fourth-order valence-corrected chi connectivity index (χ4v) is 2.24. The van der Waals surface area contributed by atoms with E-state index in [9.17, 15) is 0 Å². The highest BCUT2D eigenvalue weighted by Gasteiger charge is 2.35. The molecule has 3 heteroatoms. The van der Waals surface area contributed by atoms with E-state index < -0.39 is 0 Å². The van der Waals surface area contributed by atoms with Crippen molar-refractivity contribution in [3.63, 3.8) is 0 Å². The zero-order valence-electron chi connectivity index (χ0n) is 7.77. The van der Waals surface area contributed by atoms with E-state index in [2.05, 4.69) is 34.2 Å². The number of halogens is 1. The normalized spacial score (nSPS) is 19.8. The first-order valence-corrected chi connectivity index (χ1v) is 5.47. The first-order valence-electron chi connectivity index (χ1n) is 4.68. The molecule has 0 bridgehead atoms. The highest BCUT2D eigenvalue weighted by molar-refractivity contribution is 9.10. The van der Waals surface area contributed by atoms with E-state index in [4.69, 9.17) is 4.42 Å². The van der Waals surface area contributed by atoms with Crippen LogP contribution in [0.1, 0.15) is 18.9 Å². The van der Waals surface area contributed by atoms with Crippen LogP contribution in [0.5, 0.6) is 0 Å². The van der Waals surface area contributed by atoms with Crippen LogP contribution in [0, 0.1) is 5.41 Å². The maximum Gasteiger partial charge on any atom is 0.169 e. The van der Waals surface area contributed by atoms with E-state index >= 15 is 0 Å². The van der Waals surface area contributed by atoms with E-state index in [1.54, 1.807) is 0 Å². The molecule has 0 radical (unpaired) electrons. The summed E-state index contributed by atoms with van der Waals surface area (Å²) in [6.07, 6.45) is 4.22. The van der Waals surface area contributed by atoms with Gasteiger partial charge in [-0.3, -0.25) is 0 Å². The molecule has 0 unspecified atom stereocenters. The minimum Gasteiger partial charge on any atom is -0.457 e.